The summed E-state index contributed by atoms with van der Waals surface area (Å²) in [5.74, 6) is 1.44. The Labute approximate surface area is 117 Å². The summed E-state index contributed by atoms with van der Waals surface area (Å²) in [5, 5.41) is 4.56. The van der Waals surface area contributed by atoms with E-state index in [0.29, 0.717) is 5.82 Å². The Hall–Kier alpha value is -2.75. The Bertz CT molecular complexity index is 702. The van der Waals surface area contributed by atoms with Crippen molar-refractivity contribution in [3.8, 4) is 22.7 Å². The lowest BCUT2D eigenvalue weighted by Crippen LogP contribution is -2.01. The fraction of sp³-hybridized carbons (Fsp3) is 0.0625. The number of ether oxygens (including phenoxy) is 1. The molecule has 1 aromatic heterocycles. The number of nitrogen functional groups attached to an aromatic ring is 1. The Morgan fingerprint density at radius 3 is 2.35 bits per heavy atom. The highest BCUT2D eigenvalue weighted by molar-refractivity contribution is 5.64. The number of methoxy groups -OCH3 is 1. The predicted octanol–water partition coefficient (Wildman–Crippen LogP) is 3.13. The standard InChI is InChI=1S/C16H15N3O/c1-20-14-9-7-12(8-10-14)15-11-16(17)19(18-15)13-5-3-2-4-6-13/h2-11H,17H2,1H3. The van der Waals surface area contributed by atoms with E-state index in [0.717, 1.165) is 22.7 Å². The number of anilines is 1. The first-order valence-corrected chi connectivity index (χ1v) is 6.33. The molecule has 0 atom stereocenters. The average Bonchev–Trinajstić information content (AvgIpc) is 2.90. The number of para-hydroxylation sites is 1. The van der Waals surface area contributed by atoms with Gasteiger partial charge in [-0.2, -0.15) is 5.10 Å². The van der Waals surface area contributed by atoms with Crippen molar-refractivity contribution in [2.45, 2.75) is 0 Å². The van der Waals surface area contributed by atoms with Crippen molar-refractivity contribution >= 4 is 5.82 Å². The van der Waals surface area contributed by atoms with E-state index in [2.05, 4.69) is 5.10 Å². The Morgan fingerprint density at radius 2 is 1.70 bits per heavy atom. The Morgan fingerprint density at radius 1 is 1.00 bits per heavy atom. The molecule has 3 aromatic rings. The van der Waals surface area contributed by atoms with E-state index in [9.17, 15) is 0 Å². The fourth-order valence-electron chi connectivity index (χ4n) is 2.07. The maximum atomic E-state index is 6.04. The van der Waals surface area contributed by atoms with Crippen molar-refractivity contribution in [3.63, 3.8) is 0 Å². The van der Waals surface area contributed by atoms with E-state index < -0.39 is 0 Å². The van der Waals surface area contributed by atoms with Crippen LogP contribution in [0.25, 0.3) is 16.9 Å². The van der Waals surface area contributed by atoms with Gasteiger partial charge in [0.2, 0.25) is 0 Å². The summed E-state index contributed by atoms with van der Waals surface area (Å²) < 4.78 is 6.89. The van der Waals surface area contributed by atoms with E-state index in [1.165, 1.54) is 0 Å². The van der Waals surface area contributed by atoms with Crippen LogP contribution in [0.15, 0.2) is 60.7 Å². The third-order valence-electron chi connectivity index (χ3n) is 3.12. The molecular weight excluding hydrogens is 250 g/mol. The van der Waals surface area contributed by atoms with Gasteiger partial charge in [-0.05, 0) is 36.4 Å². The van der Waals surface area contributed by atoms with E-state index in [-0.39, 0.29) is 0 Å². The second kappa shape index (κ2) is 5.09. The highest BCUT2D eigenvalue weighted by atomic mass is 16.5. The van der Waals surface area contributed by atoms with Gasteiger partial charge in [0.1, 0.15) is 11.6 Å². The SMILES string of the molecule is COc1ccc(-c2cc(N)n(-c3ccccc3)n2)cc1. The molecule has 1 heterocycles. The van der Waals surface area contributed by atoms with Crippen LogP contribution < -0.4 is 10.5 Å². The van der Waals surface area contributed by atoms with E-state index in [1.807, 2.05) is 60.7 Å². The van der Waals surface area contributed by atoms with Gasteiger partial charge in [-0.3, -0.25) is 0 Å². The van der Waals surface area contributed by atoms with Crippen molar-refractivity contribution in [2.75, 3.05) is 12.8 Å². The molecule has 0 bridgehead atoms. The summed E-state index contributed by atoms with van der Waals surface area (Å²) in [7, 11) is 1.65. The summed E-state index contributed by atoms with van der Waals surface area (Å²) in [5.41, 5.74) is 8.84. The smallest absolute Gasteiger partial charge is 0.127 e. The molecule has 0 fully saturated rings. The van der Waals surface area contributed by atoms with Gasteiger partial charge in [-0.1, -0.05) is 18.2 Å². The molecule has 0 spiro atoms. The molecule has 2 aromatic carbocycles. The molecule has 0 aliphatic rings. The maximum Gasteiger partial charge on any atom is 0.127 e. The van der Waals surface area contributed by atoms with E-state index in [4.69, 9.17) is 10.5 Å². The van der Waals surface area contributed by atoms with E-state index in [1.54, 1.807) is 11.8 Å². The minimum Gasteiger partial charge on any atom is -0.497 e. The lowest BCUT2D eigenvalue weighted by molar-refractivity contribution is 0.415. The maximum absolute atomic E-state index is 6.04. The number of nitrogens with zero attached hydrogens (tertiary/aromatic N) is 2. The topological polar surface area (TPSA) is 53.1 Å². The molecule has 0 amide bonds. The number of nitrogens with two attached hydrogens (primary N) is 1. The van der Waals surface area contributed by atoms with Crippen LogP contribution in [0.1, 0.15) is 0 Å². The molecule has 0 aliphatic carbocycles. The number of aromatic nitrogens is 2. The first kappa shape index (κ1) is 12.3. The highest BCUT2D eigenvalue weighted by Crippen LogP contribution is 2.24. The first-order valence-electron chi connectivity index (χ1n) is 6.33. The molecule has 3 rings (SSSR count). The fourth-order valence-corrected chi connectivity index (χ4v) is 2.07. The average molecular weight is 265 g/mol. The van der Waals surface area contributed by atoms with Gasteiger partial charge in [0.05, 0.1) is 18.5 Å². The van der Waals surface area contributed by atoms with Crippen LogP contribution in [0.3, 0.4) is 0 Å². The second-order valence-electron chi connectivity index (χ2n) is 4.43. The summed E-state index contributed by atoms with van der Waals surface area (Å²) in [4.78, 5) is 0. The Balaban J connectivity index is 2.00. The van der Waals surface area contributed by atoms with Crippen molar-refractivity contribution in [3.05, 3.63) is 60.7 Å². The van der Waals surface area contributed by atoms with Crippen LogP contribution in [-0.2, 0) is 0 Å². The molecule has 4 nitrogen and oxygen atoms in total. The normalized spacial score (nSPS) is 10.4. The quantitative estimate of drug-likeness (QED) is 0.791. The van der Waals surface area contributed by atoms with Crippen molar-refractivity contribution < 1.29 is 4.74 Å². The summed E-state index contributed by atoms with van der Waals surface area (Å²) >= 11 is 0. The van der Waals surface area contributed by atoms with Gasteiger partial charge in [0, 0.05) is 11.6 Å². The van der Waals surface area contributed by atoms with Gasteiger partial charge in [-0.15, -0.1) is 0 Å². The zero-order chi connectivity index (χ0) is 13.9. The summed E-state index contributed by atoms with van der Waals surface area (Å²) in [6.45, 7) is 0. The number of hydrogen-bond donors (Lipinski definition) is 1. The van der Waals surface area contributed by atoms with Crippen molar-refractivity contribution in [1.29, 1.82) is 0 Å². The van der Waals surface area contributed by atoms with Gasteiger partial charge in [0.15, 0.2) is 0 Å². The minimum absolute atomic E-state index is 0.613. The van der Waals surface area contributed by atoms with Crippen LogP contribution in [0.2, 0.25) is 0 Å². The number of benzene rings is 2. The van der Waals surface area contributed by atoms with Gasteiger partial charge >= 0.3 is 0 Å². The zero-order valence-electron chi connectivity index (χ0n) is 11.2. The number of rotatable bonds is 3. The molecule has 100 valence electrons. The Kier molecular flexibility index (Phi) is 3.13. The molecule has 0 aliphatic heterocycles. The predicted molar refractivity (Wildman–Crippen MR) is 80.0 cm³/mol. The van der Waals surface area contributed by atoms with Crippen molar-refractivity contribution in [1.82, 2.24) is 9.78 Å². The molecule has 4 heteroatoms. The van der Waals surface area contributed by atoms with Crippen LogP contribution >= 0.6 is 0 Å². The minimum atomic E-state index is 0.613. The third kappa shape index (κ3) is 2.23. The molecule has 0 saturated carbocycles. The molecule has 20 heavy (non-hydrogen) atoms. The summed E-state index contributed by atoms with van der Waals surface area (Å²) in [6.07, 6.45) is 0. The third-order valence-corrected chi connectivity index (χ3v) is 3.12. The summed E-state index contributed by atoms with van der Waals surface area (Å²) in [6, 6.07) is 19.5. The van der Waals surface area contributed by atoms with Crippen LogP contribution in [0, 0.1) is 0 Å². The lowest BCUT2D eigenvalue weighted by Gasteiger charge is -2.03. The number of hydrogen-bond acceptors (Lipinski definition) is 3. The molecule has 0 radical (unpaired) electrons. The molecule has 2 N–H and O–H groups in total. The van der Waals surface area contributed by atoms with Gasteiger partial charge in [0.25, 0.3) is 0 Å². The van der Waals surface area contributed by atoms with Crippen molar-refractivity contribution in [2.24, 2.45) is 0 Å². The molecular formula is C16H15N3O. The lowest BCUT2D eigenvalue weighted by atomic mass is 10.1. The monoisotopic (exact) mass is 265 g/mol. The van der Waals surface area contributed by atoms with Crippen LogP contribution in [0.5, 0.6) is 5.75 Å². The first-order chi connectivity index (χ1) is 9.78. The van der Waals surface area contributed by atoms with E-state index >= 15 is 0 Å². The largest absolute Gasteiger partial charge is 0.497 e. The zero-order valence-corrected chi connectivity index (χ0v) is 11.2. The van der Waals surface area contributed by atoms with Gasteiger partial charge in [-0.25, -0.2) is 4.68 Å². The second-order valence-corrected chi connectivity index (χ2v) is 4.43. The highest BCUT2D eigenvalue weighted by Gasteiger charge is 2.08. The van der Waals surface area contributed by atoms with Crippen LogP contribution in [-0.4, -0.2) is 16.9 Å². The van der Waals surface area contributed by atoms with Crippen LogP contribution in [0.4, 0.5) is 5.82 Å². The molecule has 0 unspecified atom stereocenters. The van der Waals surface area contributed by atoms with Gasteiger partial charge < -0.3 is 10.5 Å². The molecule has 0 saturated heterocycles.